The van der Waals surface area contributed by atoms with Crippen LogP contribution in [0.1, 0.15) is 5.56 Å². The van der Waals surface area contributed by atoms with Crippen molar-refractivity contribution in [3.05, 3.63) is 54.1 Å². The van der Waals surface area contributed by atoms with Crippen molar-refractivity contribution >= 4 is 11.6 Å². The fraction of sp³-hybridized carbons (Fsp3) is 0.133. The van der Waals surface area contributed by atoms with Gasteiger partial charge in [0.2, 0.25) is 5.91 Å². The van der Waals surface area contributed by atoms with Crippen molar-refractivity contribution in [2.24, 2.45) is 5.73 Å². The number of amides is 1. The van der Waals surface area contributed by atoms with Crippen LogP contribution >= 0.6 is 0 Å². The Labute approximate surface area is 124 Å². The number of carbonyl (C=O) groups excluding carboxylic acids is 1. The van der Waals surface area contributed by atoms with Gasteiger partial charge in [-0.15, -0.1) is 0 Å². The quantitative estimate of drug-likeness (QED) is 0.909. The summed E-state index contributed by atoms with van der Waals surface area (Å²) >= 11 is 0. The Morgan fingerprint density at radius 3 is 2.36 bits per heavy atom. The fourth-order valence-electron chi connectivity index (χ4n) is 1.69. The zero-order valence-electron chi connectivity index (χ0n) is 11.4. The van der Waals surface area contributed by atoms with Gasteiger partial charge >= 0.3 is 6.18 Å². The van der Waals surface area contributed by atoms with E-state index < -0.39 is 11.7 Å². The lowest BCUT2D eigenvalue weighted by atomic mass is 10.2. The van der Waals surface area contributed by atoms with Gasteiger partial charge in [0, 0.05) is 5.69 Å². The summed E-state index contributed by atoms with van der Waals surface area (Å²) in [6, 6.07) is 10.8. The molecule has 0 aliphatic rings. The number of benzene rings is 2. The second kappa shape index (κ2) is 6.48. The summed E-state index contributed by atoms with van der Waals surface area (Å²) in [5.41, 5.74) is 4.91. The molecular formula is C15H13F3N2O2. The lowest BCUT2D eigenvalue weighted by molar-refractivity contribution is -0.137. The van der Waals surface area contributed by atoms with Gasteiger partial charge < -0.3 is 15.8 Å². The summed E-state index contributed by atoms with van der Waals surface area (Å²) < 4.78 is 43.2. The van der Waals surface area contributed by atoms with Gasteiger partial charge in [-0.05, 0) is 42.5 Å². The van der Waals surface area contributed by atoms with E-state index >= 15 is 0 Å². The number of nitrogens with two attached hydrogens (primary N) is 1. The van der Waals surface area contributed by atoms with E-state index in [2.05, 4.69) is 5.32 Å². The molecule has 2 aromatic rings. The van der Waals surface area contributed by atoms with Crippen LogP contribution in [0.4, 0.5) is 18.9 Å². The number of ether oxygens (including phenoxy) is 1. The molecule has 0 aliphatic heterocycles. The number of halogens is 3. The first-order valence-electron chi connectivity index (χ1n) is 6.33. The minimum absolute atomic E-state index is 0.0774. The first kappa shape index (κ1) is 15.8. The Bertz CT molecular complexity index is 655. The van der Waals surface area contributed by atoms with Crippen LogP contribution in [-0.4, -0.2) is 12.5 Å². The first-order valence-corrected chi connectivity index (χ1v) is 6.33. The van der Waals surface area contributed by atoms with E-state index in [1.54, 1.807) is 12.1 Å². The second-order valence-electron chi connectivity index (χ2n) is 4.40. The van der Waals surface area contributed by atoms with E-state index in [0.29, 0.717) is 11.4 Å². The summed E-state index contributed by atoms with van der Waals surface area (Å²) in [5.74, 6) is 0.0881. The molecule has 0 radical (unpaired) electrons. The predicted octanol–water partition coefficient (Wildman–Crippen LogP) is 3.39. The normalized spacial score (nSPS) is 11.1. The molecule has 4 nitrogen and oxygen atoms in total. The Morgan fingerprint density at radius 1 is 1.09 bits per heavy atom. The van der Waals surface area contributed by atoms with E-state index in [-0.39, 0.29) is 18.2 Å². The average molecular weight is 310 g/mol. The zero-order chi connectivity index (χ0) is 16.2. The number of carbonyl (C=O) groups is 1. The number of alkyl halides is 3. The Hall–Kier alpha value is -2.54. The minimum atomic E-state index is -4.42. The maximum atomic E-state index is 12.6. The van der Waals surface area contributed by atoms with Gasteiger partial charge in [0.25, 0.3) is 0 Å². The van der Waals surface area contributed by atoms with Crippen LogP contribution in [0, 0.1) is 0 Å². The third kappa shape index (κ3) is 4.23. The summed E-state index contributed by atoms with van der Waals surface area (Å²) in [4.78, 5) is 11.1. The van der Waals surface area contributed by atoms with Crippen molar-refractivity contribution < 1.29 is 22.7 Å². The number of nitrogens with one attached hydrogen (secondary N) is 1. The topological polar surface area (TPSA) is 64.4 Å². The molecule has 0 aromatic heterocycles. The van der Waals surface area contributed by atoms with Crippen molar-refractivity contribution in [2.75, 3.05) is 11.9 Å². The lowest BCUT2D eigenvalue weighted by Gasteiger charge is -2.10. The Balaban J connectivity index is 2.09. The summed E-state index contributed by atoms with van der Waals surface area (Å²) in [6.45, 7) is -0.136. The zero-order valence-corrected chi connectivity index (χ0v) is 11.4. The molecule has 2 rings (SSSR count). The predicted molar refractivity (Wildman–Crippen MR) is 75.6 cm³/mol. The number of anilines is 1. The molecule has 0 fully saturated rings. The molecule has 0 aliphatic carbocycles. The molecule has 0 spiro atoms. The van der Waals surface area contributed by atoms with Gasteiger partial charge in [-0.1, -0.05) is 6.07 Å². The van der Waals surface area contributed by atoms with E-state index in [1.807, 2.05) is 0 Å². The van der Waals surface area contributed by atoms with Gasteiger partial charge in [0.15, 0.2) is 0 Å². The maximum absolute atomic E-state index is 12.6. The van der Waals surface area contributed by atoms with E-state index in [9.17, 15) is 18.0 Å². The number of hydrogen-bond donors (Lipinski definition) is 2. The van der Waals surface area contributed by atoms with Crippen molar-refractivity contribution in [3.8, 4) is 11.5 Å². The van der Waals surface area contributed by atoms with Crippen LogP contribution in [0.15, 0.2) is 48.5 Å². The maximum Gasteiger partial charge on any atom is 0.416 e. The molecule has 0 unspecified atom stereocenters. The number of rotatable bonds is 4. The van der Waals surface area contributed by atoms with E-state index in [0.717, 1.165) is 12.1 Å². The van der Waals surface area contributed by atoms with Crippen molar-refractivity contribution in [2.45, 2.75) is 6.18 Å². The van der Waals surface area contributed by atoms with Gasteiger partial charge in [-0.25, -0.2) is 0 Å². The molecule has 7 heteroatoms. The molecule has 0 heterocycles. The van der Waals surface area contributed by atoms with Crippen LogP contribution in [0.2, 0.25) is 0 Å². The summed E-state index contributed by atoms with van der Waals surface area (Å²) in [5, 5.41) is 2.54. The minimum Gasteiger partial charge on any atom is -0.457 e. The molecule has 2 aromatic carbocycles. The highest BCUT2D eigenvalue weighted by Gasteiger charge is 2.30. The fourth-order valence-corrected chi connectivity index (χ4v) is 1.69. The largest absolute Gasteiger partial charge is 0.457 e. The molecule has 1 amide bonds. The van der Waals surface area contributed by atoms with Crippen molar-refractivity contribution in [1.82, 2.24) is 0 Å². The molecule has 116 valence electrons. The molecule has 0 bridgehead atoms. The molecule has 0 atom stereocenters. The summed E-state index contributed by atoms with van der Waals surface area (Å²) in [6.07, 6.45) is -4.42. The monoisotopic (exact) mass is 310 g/mol. The molecule has 22 heavy (non-hydrogen) atoms. The summed E-state index contributed by atoms with van der Waals surface area (Å²) in [7, 11) is 0. The third-order valence-corrected chi connectivity index (χ3v) is 2.72. The van der Waals surface area contributed by atoms with Crippen molar-refractivity contribution in [1.29, 1.82) is 0 Å². The lowest BCUT2D eigenvalue weighted by Crippen LogP contribution is -2.21. The molecule has 0 saturated carbocycles. The van der Waals surface area contributed by atoms with Gasteiger partial charge in [-0.3, -0.25) is 4.79 Å². The highest BCUT2D eigenvalue weighted by Crippen LogP contribution is 2.32. The first-order chi connectivity index (χ1) is 10.4. The Kier molecular flexibility index (Phi) is 4.67. The molecular weight excluding hydrogens is 297 g/mol. The average Bonchev–Trinajstić information content (AvgIpc) is 2.48. The van der Waals surface area contributed by atoms with Crippen LogP contribution in [0.3, 0.4) is 0 Å². The molecule has 3 N–H and O–H groups in total. The van der Waals surface area contributed by atoms with Crippen molar-refractivity contribution in [3.63, 3.8) is 0 Å². The van der Waals surface area contributed by atoms with E-state index in [1.165, 1.54) is 24.3 Å². The van der Waals surface area contributed by atoms with Crippen LogP contribution in [0.5, 0.6) is 11.5 Å². The standard InChI is InChI=1S/C15H13F3N2O2/c16-15(17,18)10-2-1-3-13(8-10)22-12-6-4-11(5-7-12)20-14(21)9-19/h1-8H,9,19H2,(H,20,21). The van der Waals surface area contributed by atoms with Crippen LogP contribution < -0.4 is 15.8 Å². The SMILES string of the molecule is NCC(=O)Nc1ccc(Oc2cccc(C(F)(F)F)c2)cc1. The van der Waals surface area contributed by atoms with Crippen LogP contribution in [0.25, 0.3) is 0 Å². The van der Waals surface area contributed by atoms with Gasteiger partial charge in [0.1, 0.15) is 11.5 Å². The van der Waals surface area contributed by atoms with Gasteiger partial charge in [-0.2, -0.15) is 13.2 Å². The third-order valence-electron chi connectivity index (χ3n) is 2.72. The van der Waals surface area contributed by atoms with Crippen LogP contribution in [-0.2, 0) is 11.0 Å². The van der Waals surface area contributed by atoms with E-state index in [4.69, 9.17) is 10.5 Å². The smallest absolute Gasteiger partial charge is 0.416 e. The van der Waals surface area contributed by atoms with Gasteiger partial charge in [0.05, 0.1) is 12.1 Å². The second-order valence-corrected chi connectivity index (χ2v) is 4.40. The highest BCUT2D eigenvalue weighted by molar-refractivity contribution is 5.92. The highest BCUT2D eigenvalue weighted by atomic mass is 19.4. The Morgan fingerprint density at radius 2 is 1.77 bits per heavy atom. The molecule has 0 saturated heterocycles. The number of hydrogen-bond acceptors (Lipinski definition) is 3.